The normalized spacial score (nSPS) is 18.8. The van der Waals surface area contributed by atoms with Gasteiger partial charge in [-0.1, -0.05) is 56.4 Å². The number of carbonyl (C=O) groups is 3. The van der Waals surface area contributed by atoms with Crippen LogP contribution in [0.3, 0.4) is 0 Å². The SMILES string of the molecule is [CH]CC[N+]1=C(/C=C/C=C/C=C/C=C2/N(CC)c3ccc(CN(C)CCCC(=O)ON4C(=O)CCC4=O)cc3C2(C)C)C(C)(C)c2cc(S(=O)(=O)O)ccc21. The molecular formula is C42H51N4O7S+. The summed E-state index contributed by atoms with van der Waals surface area (Å²) < 4.78 is 35.4. The van der Waals surface area contributed by atoms with Gasteiger partial charge in [0, 0.05) is 73.3 Å². The Morgan fingerprint density at radius 2 is 1.67 bits per heavy atom. The number of nitrogens with zero attached hydrogens (tertiary/aromatic N) is 4. The molecule has 2 amide bonds. The van der Waals surface area contributed by atoms with Crippen LogP contribution in [0.4, 0.5) is 11.4 Å². The van der Waals surface area contributed by atoms with Crippen LogP contribution in [0.25, 0.3) is 0 Å². The Morgan fingerprint density at radius 1 is 0.981 bits per heavy atom. The van der Waals surface area contributed by atoms with Crippen LogP contribution in [0.15, 0.2) is 89.5 Å². The molecular weight excluding hydrogens is 705 g/mol. The molecule has 3 aliphatic heterocycles. The Labute approximate surface area is 319 Å². The van der Waals surface area contributed by atoms with E-state index >= 15 is 0 Å². The van der Waals surface area contributed by atoms with Crippen molar-refractivity contribution < 1.29 is 36.8 Å². The fourth-order valence-electron chi connectivity index (χ4n) is 7.52. The molecule has 2 radical (unpaired) electrons. The van der Waals surface area contributed by atoms with Crippen molar-refractivity contribution >= 4 is 45.0 Å². The van der Waals surface area contributed by atoms with Crippen LogP contribution in [0.1, 0.15) is 83.4 Å². The highest BCUT2D eigenvalue weighted by molar-refractivity contribution is 7.85. The lowest BCUT2D eigenvalue weighted by molar-refractivity contribution is -0.436. The third-order valence-electron chi connectivity index (χ3n) is 10.3. The van der Waals surface area contributed by atoms with Gasteiger partial charge in [0.1, 0.15) is 6.54 Å². The molecule has 1 saturated heterocycles. The molecule has 2 aromatic rings. The quantitative estimate of drug-likeness (QED) is 0.0926. The highest BCUT2D eigenvalue weighted by atomic mass is 32.2. The molecule has 12 heteroatoms. The summed E-state index contributed by atoms with van der Waals surface area (Å²) in [6.45, 7) is 19.3. The molecule has 0 aliphatic carbocycles. The van der Waals surface area contributed by atoms with E-state index in [0.29, 0.717) is 37.5 Å². The number of rotatable bonds is 15. The van der Waals surface area contributed by atoms with Crippen LogP contribution in [0.2, 0.25) is 0 Å². The number of amides is 2. The van der Waals surface area contributed by atoms with Crippen molar-refractivity contribution in [2.24, 2.45) is 0 Å². The van der Waals surface area contributed by atoms with E-state index in [9.17, 15) is 27.4 Å². The average Bonchev–Trinajstić information content (AvgIpc) is 3.62. The second kappa shape index (κ2) is 16.4. The van der Waals surface area contributed by atoms with Gasteiger partial charge in [-0.15, -0.1) is 5.06 Å². The molecule has 0 saturated carbocycles. The maximum atomic E-state index is 12.2. The van der Waals surface area contributed by atoms with Gasteiger partial charge in [0.2, 0.25) is 5.69 Å². The van der Waals surface area contributed by atoms with Crippen molar-refractivity contribution in [1.82, 2.24) is 9.96 Å². The Hall–Kier alpha value is -4.65. The molecule has 11 nitrogen and oxygen atoms in total. The fourth-order valence-corrected chi connectivity index (χ4v) is 8.03. The first kappa shape index (κ1) is 40.5. The number of hydroxylamine groups is 2. The van der Waals surface area contributed by atoms with Gasteiger partial charge in [0.15, 0.2) is 5.71 Å². The molecule has 3 heterocycles. The van der Waals surface area contributed by atoms with Crippen LogP contribution in [0, 0.1) is 6.92 Å². The van der Waals surface area contributed by atoms with E-state index in [1.54, 1.807) is 12.1 Å². The molecule has 0 spiro atoms. The van der Waals surface area contributed by atoms with Gasteiger partial charge in [-0.05, 0) is 83.1 Å². The second-order valence-electron chi connectivity index (χ2n) is 14.9. The zero-order valence-electron chi connectivity index (χ0n) is 32.0. The monoisotopic (exact) mass is 755 g/mol. The minimum atomic E-state index is -4.33. The molecule has 3 aliphatic rings. The second-order valence-corrected chi connectivity index (χ2v) is 16.3. The number of imide groups is 1. The lowest BCUT2D eigenvalue weighted by Gasteiger charge is -2.25. The van der Waals surface area contributed by atoms with E-state index in [-0.39, 0.29) is 29.6 Å². The molecule has 2 aromatic carbocycles. The number of allylic oxidation sites excluding steroid dienone is 8. The van der Waals surface area contributed by atoms with Gasteiger partial charge in [0.25, 0.3) is 21.9 Å². The number of fused-ring (bicyclic) bond motifs is 2. The smallest absolute Gasteiger partial charge is 0.333 e. The van der Waals surface area contributed by atoms with Crippen molar-refractivity contribution in [3.63, 3.8) is 0 Å². The number of likely N-dealkylation sites (N-methyl/N-ethyl adjacent to an activating group) is 1. The van der Waals surface area contributed by atoms with Crippen molar-refractivity contribution in [2.75, 3.05) is 31.6 Å². The van der Waals surface area contributed by atoms with Gasteiger partial charge in [-0.3, -0.25) is 14.1 Å². The molecule has 286 valence electrons. The molecule has 0 atom stereocenters. The van der Waals surface area contributed by atoms with Gasteiger partial charge >= 0.3 is 5.97 Å². The third-order valence-corrected chi connectivity index (χ3v) is 11.2. The molecule has 5 rings (SSSR count). The lowest BCUT2D eigenvalue weighted by Crippen LogP contribution is -2.32. The van der Waals surface area contributed by atoms with E-state index in [0.717, 1.165) is 29.1 Å². The van der Waals surface area contributed by atoms with E-state index in [1.165, 1.54) is 23.0 Å². The average molecular weight is 756 g/mol. The third kappa shape index (κ3) is 8.51. The first-order valence-corrected chi connectivity index (χ1v) is 19.8. The van der Waals surface area contributed by atoms with Crippen molar-refractivity contribution in [3.8, 4) is 0 Å². The zero-order valence-corrected chi connectivity index (χ0v) is 32.9. The maximum absolute atomic E-state index is 12.2. The van der Waals surface area contributed by atoms with Crippen molar-refractivity contribution in [1.29, 1.82) is 0 Å². The standard InChI is InChI=1S/C42H50N4O7S/c1-8-25-45-35-22-20-31(54(50,51)52)28-33(35)42(5,6)37(45)17-14-12-10-11-13-16-36-41(3,4)32-27-30(19-21-34(32)44(36)9-2)29-43(7)26-15-18-40(49)53-46-38(47)23-24-39(46)48/h1,10-14,16-17,19-22,27-28H,8-9,15,18,23-26,29H2,2-7H3/p+1. The summed E-state index contributed by atoms with van der Waals surface area (Å²) >= 11 is 0. The van der Waals surface area contributed by atoms with Crippen LogP contribution in [-0.4, -0.2) is 77.7 Å². The Kier molecular flexibility index (Phi) is 12.3. The van der Waals surface area contributed by atoms with Crippen molar-refractivity contribution in [3.05, 3.63) is 108 Å². The van der Waals surface area contributed by atoms with Crippen LogP contribution in [-0.2, 0) is 46.7 Å². The summed E-state index contributed by atoms with van der Waals surface area (Å²) in [5, 5.41) is 0.593. The molecule has 54 heavy (non-hydrogen) atoms. The topological polar surface area (TPSA) is 128 Å². The predicted molar refractivity (Wildman–Crippen MR) is 209 cm³/mol. The zero-order chi connectivity index (χ0) is 39.4. The van der Waals surface area contributed by atoms with E-state index in [1.807, 2.05) is 57.4 Å². The molecule has 0 bridgehead atoms. The van der Waals surface area contributed by atoms with Gasteiger partial charge in [0.05, 0.1) is 10.3 Å². The van der Waals surface area contributed by atoms with Crippen molar-refractivity contribution in [2.45, 2.75) is 89.0 Å². The number of hydrogen-bond acceptors (Lipinski definition) is 8. The summed E-state index contributed by atoms with van der Waals surface area (Å²) in [5.74, 6) is -1.53. The molecule has 0 unspecified atom stereocenters. The number of anilines is 1. The largest absolute Gasteiger partial charge is 0.344 e. The summed E-state index contributed by atoms with van der Waals surface area (Å²) in [4.78, 5) is 44.9. The Bertz CT molecular complexity index is 2060. The van der Waals surface area contributed by atoms with E-state index < -0.39 is 33.3 Å². The summed E-state index contributed by atoms with van der Waals surface area (Å²) in [6.07, 6.45) is 15.3. The first-order valence-electron chi connectivity index (χ1n) is 18.4. The minimum Gasteiger partial charge on any atom is -0.344 e. The Morgan fingerprint density at radius 3 is 2.33 bits per heavy atom. The predicted octanol–water partition coefficient (Wildman–Crippen LogP) is 6.60. The number of carbonyl (C=O) groups excluding carboxylic acids is 3. The Balaban J connectivity index is 1.21. The summed E-state index contributed by atoms with van der Waals surface area (Å²) in [7, 11) is -2.33. The minimum absolute atomic E-state index is 0.0764. The van der Waals surface area contributed by atoms with Gasteiger partial charge < -0.3 is 14.6 Å². The molecule has 1 fully saturated rings. The summed E-state index contributed by atoms with van der Waals surface area (Å²) in [5.41, 5.74) is 6.73. The molecule has 0 aromatic heterocycles. The maximum Gasteiger partial charge on any atom is 0.333 e. The highest BCUT2D eigenvalue weighted by Gasteiger charge is 2.45. The summed E-state index contributed by atoms with van der Waals surface area (Å²) in [6, 6.07) is 11.3. The van der Waals surface area contributed by atoms with E-state index in [2.05, 4.69) is 59.4 Å². The fraction of sp³-hybridized carbons (Fsp3) is 0.405. The lowest BCUT2D eigenvalue weighted by atomic mass is 9.81. The molecule has 1 N–H and O–H groups in total. The number of benzene rings is 2. The number of hydrogen-bond donors (Lipinski definition) is 1. The van der Waals surface area contributed by atoms with Crippen LogP contribution < -0.4 is 4.90 Å². The first-order chi connectivity index (χ1) is 25.5. The van der Waals surface area contributed by atoms with E-state index in [4.69, 9.17) is 11.8 Å². The van der Waals surface area contributed by atoms with Gasteiger partial charge in [-0.2, -0.15) is 13.0 Å². The van der Waals surface area contributed by atoms with Crippen LogP contribution in [0.5, 0.6) is 0 Å². The van der Waals surface area contributed by atoms with Gasteiger partial charge in [-0.25, -0.2) is 4.79 Å². The van der Waals surface area contributed by atoms with Crippen LogP contribution >= 0.6 is 0 Å². The highest BCUT2D eigenvalue weighted by Crippen LogP contribution is 2.48.